The van der Waals surface area contributed by atoms with Gasteiger partial charge in [0.25, 0.3) is 0 Å². The van der Waals surface area contributed by atoms with E-state index < -0.39 is 21.1 Å². The minimum atomic E-state index is -4.35. The van der Waals surface area contributed by atoms with Crippen molar-refractivity contribution < 1.29 is 26.8 Å². The Hall–Kier alpha value is -2.20. The minimum absolute atomic E-state index is 0.0808. The van der Waals surface area contributed by atoms with Gasteiger partial charge in [-0.25, -0.2) is 0 Å². The van der Waals surface area contributed by atoms with Gasteiger partial charge in [-0.15, -0.1) is 0 Å². The summed E-state index contributed by atoms with van der Waals surface area (Å²) < 4.78 is 17.0. The Balaban J connectivity index is 1.62. The van der Waals surface area contributed by atoms with E-state index in [-0.39, 0.29) is 7.25 Å². The zero-order valence-electron chi connectivity index (χ0n) is 20.6. The third-order valence-electron chi connectivity index (χ3n) is 7.28. The van der Waals surface area contributed by atoms with Gasteiger partial charge in [-0.05, 0) is 0 Å². The van der Waals surface area contributed by atoms with Gasteiger partial charge in [-0.1, -0.05) is 0 Å². The number of halogens is 2. The molecule has 0 heterocycles. The molecule has 0 N–H and O–H groups in total. The molecule has 184 valence electrons. The van der Waals surface area contributed by atoms with Gasteiger partial charge >= 0.3 is 243 Å². The summed E-state index contributed by atoms with van der Waals surface area (Å²) in [6.07, 6.45) is 4.64. The van der Waals surface area contributed by atoms with E-state index in [0.29, 0.717) is 0 Å². The molecule has 0 radical (unpaired) electrons. The molecule has 4 aromatic carbocycles. The van der Waals surface area contributed by atoms with Gasteiger partial charge in [0.05, 0.1) is 0 Å². The van der Waals surface area contributed by atoms with E-state index >= 15 is 0 Å². The second-order valence-corrected chi connectivity index (χ2v) is 19.0. The number of fused-ring (bicyclic) bond motifs is 2. The average molecular weight is 694 g/mol. The average Bonchev–Trinajstić information content (AvgIpc) is 3.42. The molecule has 2 aliphatic carbocycles. The number of rotatable bonds is 6. The number of hydrogen-bond donors (Lipinski definition) is 0. The van der Waals surface area contributed by atoms with Crippen LogP contribution >= 0.6 is 31.9 Å². The maximum atomic E-state index is 7.39. The first kappa shape index (κ1) is 25.1. The molecule has 37 heavy (non-hydrogen) atoms. The maximum absolute atomic E-state index is 7.39. The summed E-state index contributed by atoms with van der Waals surface area (Å²) in [5.74, 6) is 1.70. The molecular formula is C32H26Br2O2Zr. The van der Waals surface area contributed by atoms with Crippen molar-refractivity contribution in [1.29, 1.82) is 0 Å². The molecule has 2 atom stereocenters. The summed E-state index contributed by atoms with van der Waals surface area (Å²) in [7, 11) is 0. The molecule has 2 unspecified atom stereocenters. The number of allylic oxidation sites excluding steroid dienone is 2. The van der Waals surface area contributed by atoms with Crippen LogP contribution in [0.5, 0.6) is 11.5 Å². The Bertz CT molecular complexity index is 1410. The van der Waals surface area contributed by atoms with Crippen molar-refractivity contribution in [3.63, 3.8) is 0 Å². The number of benzene rings is 4. The van der Waals surface area contributed by atoms with Crippen LogP contribution in [0.25, 0.3) is 12.2 Å². The summed E-state index contributed by atoms with van der Waals surface area (Å²) in [6, 6.07) is 33.8. The molecule has 0 aliphatic heterocycles. The van der Waals surface area contributed by atoms with Crippen LogP contribution < -0.4 is 5.63 Å². The molecule has 0 saturated carbocycles. The number of hydrogen-bond acceptors (Lipinski definition) is 2. The predicted octanol–water partition coefficient (Wildman–Crippen LogP) is 9.97. The molecule has 0 fully saturated rings. The van der Waals surface area contributed by atoms with Crippen molar-refractivity contribution >= 4 is 44.0 Å². The van der Waals surface area contributed by atoms with Crippen molar-refractivity contribution in [2.45, 2.75) is 21.1 Å². The summed E-state index contributed by atoms with van der Waals surface area (Å²) in [5.41, 5.74) is 7.76. The molecule has 0 amide bonds. The SMILES string of the molecule is CC1=Cc2ccccc2[CH]1[Zr]([O]c1ccc(Br)cc1)([O]c1ccc(Br)cc1)[CH]1C(C)=Cc2ccccc21. The standard InChI is InChI=1S/2C10H9.2C6H5BrO.Zr/c2*1-8-6-9-4-2-3-5-10(9)7-8;2*7-5-1-3-6(8)4-2-5;/h2*2-7H,1H3;2*1-4,8H;/q;;;;+2/p-2. The van der Waals surface area contributed by atoms with Gasteiger partial charge in [0.2, 0.25) is 0 Å². The van der Waals surface area contributed by atoms with E-state index in [1.807, 2.05) is 24.3 Å². The zero-order valence-corrected chi connectivity index (χ0v) is 26.2. The third kappa shape index (κ3) is 4.64. The molecule has 0 saturated heterocycles. The van der Waals surface area contributed by atoms with Crippen molar-refractivity contribution in [1.82, 2.24) is 0 Å². The topological polar surface area (TPSA) is 18.5 Å². The summed E-state index contributed by atoms with van der Waals surface area (Å²) in [5, 5.41) is 0. The first-order valence-electron chi connectivity index (χ1n) is 12.4. The van der Waals surface area contributed by atoms with E-state index in [1.54, 1.807) is 0 Å². The van der Waals surface area contributed by atoms with Gasteiger partial charge < -0.3 is 0 Å². The molecule has 2 aliphatic rings. The Morgan fingerprint density at radius 3 is 1.32 bits per heavy atom. The van der Waals surface area contributed by atoms with Crippen LogP contribution in [-0.4, -0.2) is 0 Å². The zero-order chi connectivity index (χ0) is 25.6. The molecule has 6 rings (SSSR count). The summed E-state index contributed by atoms with van der Waals surface area (Å²) in [6.45, 7) is 4.48. The van der Waals surface area contributed by atoms with Crippen LogP contribution in [0.1, 0.15) is 43.4 Å². The Morgan fingerprint density at radius 2 is 0.919 bits per heavy atom. The quantitative estimate of drug-likeness (QED) is 0.200. The van der Waals surface area contributed by atoms with Gasteiger partial charge in [0.1, 0.15) is 0 Å². The van der Waals surface area contributed by atoms with Crippen molar-refractivity contribution in [3.05, 3.63) is 139 Å². The van der Waals surface area contributed by atoms with Crippen LogP contribution in [-0.2, 0) is 21.1 Å². The van der Waals surface area contributed by atoms with Crippen LogP contribution in [0.2, 0.25) is 0 Å². The predicted molar refractivity (Wildman–Crippen MR) is 155 cm³/mol. The molecular weight excluding hydrogens is 667 g/mol. The van der Waals surface area contributed by atoms with E-state index in [2.05, 4.69) is 131 Å². The van der Waals surface area contributed by atoms with Crippen molar-refractivity contribution in [3.8, 4) is 11.5 Å². The summed E-state index contributed by atoms with van der Waals surface area (Å²) >= 11 is 2.83. The molecule has 2 nitrogen and oxygen atoms in total. The molecule has 0 bridgehead atoms. The van der Waals surface area contributed by atoms with Crippen molar-refractivity contribution in [2.75, 3.05) is 0 Å². The fraction of sp³-hybridized carbons (Fsp3) is 0.125. The normalized spacial score (nSPS) is 18.1. The van der Waals surface area contributed by atoms with E-state index in [4.69, 9.17) is 5.63 Å². The van der Waals surface area contributed by atoms with Gasteiger partial charge in [-0.3, -0.25) is 0 Å². The Labute approximate surface area is 240 Å². The molecule has 0 spiro atoms. The van der Waals surface area contributed by atoms with E-state index in [0.717, 1.165) is 20.4 Å². The van der Waals surface area contributed by atoms with Crippen LogP contribution in [0.15, 0.2) is 117 Å². The van der Waals surface area contributed by atoms with Crippen LogP contribution in [0, 0.1) is 0 Å². The monoisotopic (exact) mass is 690 g/mol. The second-order valence-electron chi connectivity index (χ2n) is 9.73. The van der Waals surface area contributed by atoms with Crippen LogP contribution in [0.4, 0.5) is 0 Å². The van der Waals surface area contributed by atoms with Gasteiger partial charge in [0.15, 0.2) is 0 Å². The van der Waals surface area contributed by atoms with Crippen molar-refractivity contribution in [2.24, 2.45) is 0 Å². The fourth-order valence-electron chi connectivity index (χ4n) is 5.82. The van der Waals surface area contributed by atoms with E-state index in [1.165, 1.54) is 33.4 Å². The molecule has 5 heteroatoms. The first-order chi connectivity index (χ1) is 17.9. The third-order valence-corrected chi connectivity index (χ3v) is 18.8. The first-order valence-corrected chi connectivity index (χ1v) is 18.8. The summed E-state index contributed by atoms with van der Waals surface area (Å²) in [4.78, 5) is 0. The molecule has 0 aromatic heterocycles. The van der Waals surface area contributed by atoms with Gasteiger partial charge in [-0.2, -0.15) is 0 Å². The van der Waals surface area contributed by atoms with Crippen LogP contribution in [0.3, 0.4) is 0 Å². The Morgan fingerprint density at radius 1 is 0.541 bits per heavy atom. The van der Waals surface area contributed by atoms with Gasteiger partial charge in [0, 0.05) is 0 Å². The second kappa shape index (κ2) is 10.2. The fourth-order valence-corrected chi connectivity index (χ4v) is 17.9. The molecule has 4 aromatic rings. The Kier molecular flexibility index (Phi) is 6.90. The van der Waals surface area contributed by atoms with E-state index in [9.17, 15) is 0 Å².